The molecule has 2 N–H and O–H groups in total. The highest BCUT2D eigenvalue weighted by atomic mass is 79.9. The van der Waals surface area contributed by atoms with E-state index in [9.17, 15) is 0 Å². The van der Waals surface area contributed by atoms with E-state index in [2.05, 4.69) is 15.9 Å². The summed E-state index contributed by atoms with van der Waals surface area (Å²) in [4.78, 5) is 0. The van der Waals surface area contributed by atoms with Crippen LogP contribution in [0, 0.1) is 0 Å². The Labute approximate surface area is 85.3 Å². The van der Waals surface area contributed by atoms with E-state index in [1.54, 1.807) is 0 Å². The van der Waals surface area contributed by atoms with Gasteiger partial charge in [-0.25, -0.2) is 0 Å². The quantitative estimate of drug-likeness (QED) is 0.853. The minimum Gasteiger partial charge on any atom is -0.327 e. The largest absolute Gasteiger partial charge is 0.327 e. The zero-order valence-electron chi connectivity index (χ0n) is 6.43. The maximum atomic E-state index is 5.92. The Hall–Kier alpha value is -0.310. The van der Waals surface area contributed by atoms with Gasteiger partial charge in [-0.3, -0.25) is 0 Å². The second-order valence-corrected chi connectivity index (χ2v) is 3.63. The van der Waals surface area contributed by atoms with Crippen molar-refractivity contribution in [1.82, 2.24) is 0 Å². The molecule has 0 heterocycles. The second kappa shape index (κ2) is 4.65. The molecule has 0 aliphatic carbocycles. The first-order valence-electron chi connectivity index (χ1n) is 3.55. The average molecular weight is 247 g/mol. The molecule has 3 heteroatoms. The van der Waals surface area contributed by atoms with Crippen molar-refractivity contribution in [3.05, 3.63) is 39.3 Å². The van der Waals surface area contributed by atoms with E-state index in [1.807, 2.05) is 30.4 Å². The van der Waals surface area contributed by atoms with Gasteiger partial charge in [-0.05, 0) is 23.8 Å². The highest BCUT2D eigenvalue weighted by molar-refractivity contribution is 9.10. The monoisotopic (exact) mass is 245 g/mol. The molecule has 0 fully saturated rings. The van der Waals surface area contributed by atoms with Crippen molar-refractivity contribution >= 4 is 33.6 Å². The fourth-order valence-electron chi connectivity index (χ4n) is 0.837. The van der Waals surface area contributed by atoms with Crippen LogP contribution < -0.4 is 5.73 Å². The number of nitrogens with two attached hydrogens (primary N) is 1. The SMILES string of the molecule is NCC=Cc1cc(Br)ccc1Cl. The van der Waals surface area contributed by atoms with Crippen LogP contribution in [0.4, 0.5) is 0 Å². The van der Waals surface area contributed by atoms with Gasteiger partial charge in [0.25, 0.3) is 0 Å². The number of benzene rings is 1. The maximum Gasteiger partial charge on any atom is 0.0479 e. The first-order chi connectivity index (χ1) is 5.74. The molecule has 64 valence electrons. The van der Waals surface area contributed by atoms with E-state index < -0.39 is 0 Å². The number of halogens is 2. The van der Waals surface area contributed by atoms with E-state index >= 15 is 0 Å². The lowest BCUT2D eigenvalue weighted by atomic mass is 10.2. The maximum absolute atomic E-state index is 5.92. The Kier molecular flexibility index (Phi) is 3.79. The van der Waals surface area contributed by atoms with Crippen molar-refractivity contribution in [3.63, 3.8) is 0 Å². The third-order valence-corrected chi connectivity index (χ3v) is 2.23. The summed E-state index contributed by atoms with van der Waals surface area (Å²) in [6.07, 6.45) is 3.78. The van der Waals surface area contributed by atoms with Gasteiger partial charge in [-0.1, -0.05) is 39.7 Å². The molecule has 0 amide bonds. The van der Waals surface area contributed by atoms with E-state index in [0.29, 0.717) is 6.54 Å². The fourth-order valence-corrected chi connectivity index (χ4v) is 1.40. The highest BCUT2D eigenvalue weighted by Crippen LogP contribution is 2.21. The van der Waals surface area contributed by atoms with Gasteiger partial charge in [0.2, 0.25) is 0 Å². The topological polar surface area (TPSA) is 26.0 Å². The van der Waals surface area contributed by atoms with Gasteiger partial charge in [0.1, 0.15) is 0 Å². The Morgan fingerprint density at radius 3 is 2.92 bits per heavy atom. The van der Waals surface area contributed by atoms with E-state index in [4.69, 9.17) is 17.3 Å². The van der Waals surface area contributed by atoms with Crippen LogP contribution in [-0.4, -0.2) is 6.54 Å². The van der Waals surface area contributed by atoms with Crippen molar-refractivity contribution < 1.29 is 0 Å². The summed E-state index contributed by atoms with van der Waals surface area (Å²) in [5.74, 6) is 0. The van der Waals surface area contributed by atoms with Crippen LogP contribution >= 0.6 is 27.5 Å². The van der Waals surface area contributed by atoms with Crippen molar-refractivity contribution in [3.8, 4) is 0 Å². The molecule has 0 aliphatic rings. The first-order valence-corrected chi connectivity index (χ1v) is 4.73. The van der Waals surface area contributed by atoms with Crippen LogP contribution in [0.1, 0.15) is 5.56 Å². The average Bonchev–Trinajstić information content (AvgIpc) is 2.07. The molecule has 1 aromatic rings. The smallest absolute Gasteiger partial charge is 0.0479 e. The molecule has 0 atom stereocenters. The molecule has 12 heavy (non-hydrogen) atoms. The van der Waals surface area contributed by atoms with Gasteiger partial charge in [-0.15, -0.1) is 0 Å². The lowest BCUT2D eigenvalue weighted by Gasteiger charge is -1.97. The van der Waals surface area contributed by atoms with E-state index in [-0.39, 0.29) is 0 Å². The number of hydrogen-bond acceptors (Lipinski definition) is 1. The molecule has 0 saturated heterocycles. The Morgan fingerprint density at radius 1 is 1.50 bits per heavy atom. The first kappa shape index (κ1) is 9.78. The van der Waals surface area contributed by atoms with E-state index in [0.717, 1.165) is 15.1 Å². The van der Waals surface area contributed by atoms with Gasteiger partial charge < -0.3 is 5.73 Å². The zero-order valence-corrected chi connectivity index (χ0v) is 8.77. The predicted octanol–water partition coefficient (Wildman–Crippen LogP) is 3.07. The number of hydrogen-bond donors (Lipinski definition) is 1. The lowest BCUT2D eigenvalue weighted by molar-refractivity contribution is 1.26. The van der Waals surface area contributed by atoms with Crippen LogP contribution in [0.25, 0.3) is 6.08 Å². The second-order valence-electron chi connectivity index (χ2n) is 2.30. The summed E-state index contributed by atoms with van der Waals surface area (Å²) < 4.78 is 1.02. The van der Waals surface area contributed by atoms with Gasteiger partial charge in [0.15, 0.2) is 0 Å². The van der Waals surface area contributed by atoms with Crippen LogP contribution in [-0.2, 0) is 0 Å². The minimum absolute atomic E-state index is 0.531. The van der Waals surface area contributed by atoms with Crippen LogP contribution in [0.2, 0.25) is 5.02 Å². The van der Waals surface area contributed by atoms with Gasteiger partial charge in [0, 0.05) is 16.0 Å². The molecule has 0 bridgehead atoms. The zero-order chi connectivity index (χ0) is 8.97. The summed E-state index contributed by atoms with van der Waals surface area (Å²) in [5.41, 5.74) is 6.31. The Morgan fingerprint density at radius 2 is 2.25 bits per heavy atom. The highest BCUT2D eigenvalue weighted by Gasteiger charge is 1.95. The van der Waals surface area contributed by atoms with Crippen LogP contribution in [0.15, 0.2) is 28.7 Å². The number of rotatable bonds is 2. The van der Waals surface area contributed by atoms with Gasteiger partial charge in [-0.2, -0.15) is 0 Å². The van der Waals surface area contributed by atoms with E-state index in [1.165, 1.54) is 0 Å². The summed E-state index contributed by atoms with van der Waals surface area (Å²) in [5, 5.41) is 0.739. The molecule has 0 spiro atoms. The summed E-state index contributed by atoms with van der Waals surface area (Å²) in [6, 6.07) is 5.71. The molecule has 1 rings (SSSR count). The normalized spacial score (nSPS) is 10.9. The molecule has 0 aromatic heterocycles. The van der Waals surface area contributed by atoms with Crippen molar-refractivity contribution in [2.24, 2.45) is 5.73 Å². The standard InChI is InChI=1S/C9H9BrClN/c10-8-3-4-9(11)7(6-8)2-1-5-12/h1-4,6H,5,12H2. The molecule has 0 aliphatic heterocycles. The third kappa shape index (κ3) is 2.63. The van der Waals surface area contributed by atoms with Crippen LogP contribution in [0.3, 0.4) is 0 Å². The molecule has 0 saturated carbocycles. The van der Waals surface area contributed by atoms with Crippen molar-refractivity contribution in [2.45, 2.75) is 0 Å². The molecule has 0 unspecified atom stereocenters. The molecule has 1 aromatic carbocycles. The van der Waals surface area contributed by atoms with Crippen LogP contribution in [0.5, 0.6) is 0 Å². The third-order valence-electron chi connectivity index (χ3n) is 1.39. The fraction of sp³-hybridized carbons (Fsp3) is 0.111. The lowest BCUT2D eigenvalue weighted by Crippen LogP contribution is -1.92. The minimum atomic E-state index is 0.531. The Balaban J connectivity index is 2.97. The molecular formula is C9H9BrClN. The summed E-state index contributed by atoms with van der Waals surface area (Å²) in [6.45, 7) is 0.531. The van der Waals surface area contributed by atoms with Gasteiger partial charge in [0.05, 0.1) is 0 Å². The Bertz CT molecular complexity index is 297. The van der Waals surface area contributed by atoms with Crippen molar-refractivity contribution in [1.29, 1.82) is 0 Å². The molecular weight excluding hydrogens is 237 g/mol. The molecule has 1 nitrogen and oxygen atoms in total. The van der Waals surface area contributed by atoms with Crippen molar-refractivity contribution in [2.75, 3.05) is 6.54 Å². The summed E-state index contributed by atoms with van der Waals surface area (Å²) in [7, 11) is 0. The van der Waals surface area contributed by atoms with Gasteiger partial charge >= 0.3 is 0 Å². The molecule has 0 radical (unpaired) electrons. The predicted molar refractivity (Wildman–Crippen MR) is 57.2 cm³/mol. The summed E-state index contributed by atoms with van der Waals surface area (Å²) >= 11 is 9.28.